The molecule has 70 valence electrons. The smallest absolute Gasteiger partial charge is 0.00181 e. The van der Waals surface area contributed by atoms with Gasteiger partial charge in [-0.05, 0) is 40.5 Å². The maximum Gasteiger partial charge on any atom is -0.00181 e. The topological polar surface area (TPSA) is 0 Å². The zero-order chi connectivity index (χ0) is 9.80. The second kappa shape index (κ2) is 4.25. The van der Waals surface area contributed by atoms with E-state index >= 15 is 0 Å². The van der Waals surface area contributed by atoms with Crippen molar-refractivity contribution in [3.05, 3.63) is 58.3 Å². The molecule has 0 bridgehead atoms. The van der Waals surface area contributed by atoms with Crippen LogP contribution >= 0.6 is 11.3 Å². The number of thiophene rings is 1. The minimum Gasteiger partial charge on any atom is -0.152 e. The third kappa shape index (κ3) is 2.12. The van der Waals surface area contributed by atoms with Gasteiger partial charge in [0.2, 0.25) is 0 Å². The molecule has 0 spiro atoms. The Labute approximate surface area is 88.5 Å². The van der Waals surface area contributed by atoms with Crippen molar-refractivity contribution >= 4 is 23.0 Å². The van der Waals surface area contributed by atoms with Gasteiger partial charge in [0.25, 0.3) is 0 Å². The highest BCUT2D eigenvalue weighted by atomic mass is 32.1. The maximum absolute atomic E-state index is 2.21. The summed E-state index contributed by atoms with van der Waals surface area (Å²) in [4.78, 5) is 0. The number of rotatable bonds is 2. The second-order valence-corrected chi connectivity index (χ2v) is 4.03. The monoisotopic (exact) mass is 200 g/mol. The minimum absolute atomic E-state index is 1.26. The average Bonchev–Trinajstić information content (AvgIpc) is 2.72. The van der Waals surface area contributed by atoms with Crippen LogP contribution in [0.15, 0.2) is 47.2 Å². The molecule has 0 amide bonds. The number of hydrogen-bond donors (Lipinski definition) is 0. The van der Waals surface area contributed by atoms with Crippen molar-refractivity contribution in [3.8, 4) is 0 Å². The van der Waals surface area contributed by atoms with Crippen LogP contribution in [0.3, 0.4) is 0 Å². The first-order valence-electron chi connectivity index (χ1n) is 4.62. The van der Waals surface area contributed by atoms with Gasteiger partial charge in [-0.25, -0.2) is 0 Å². The number of benzene rings is 1. The van der Waals surface area contributed by atoms with Crippen molar-refractivity contribution < 1.29 is 0 Å². The van der Waals surface area contributed by atoms with Gasteiger partial charge in [-0.3, -0.25) is 0 Å². The lowest BCUT2D eigenvalue weighted by Crippen LogP contribution is -1.74. The molecule has 0 aliphatic heterocycles. The van der Waals surface area contributed by atoms with Crippen LogP contribution in [0, 0.1) is 0 Å². The van der Waals surface area contributed by atoms with Crippen molar-refractivity contribution in [2.75, 3.05) is 0 Å². The summed E-state index contributed by atoms with van der Waals surface area (Å²) >= 11 is 1.74. The summed E-state index contributed by atoms with van der Waals surface area (Å²) in [5.74, 6) is 0. The number of allylic oxidation sites excluding steroid dienone is 1. The standard InChI is InChI=1S/C13H12S/c1-11(13-7-8-14-10-13)9-12-5-3-2-4-6-12/h2-10H,1H3/b11-9+. The van der Waals surface area contributed by atoms with E-state index in [0.717, 1.165) is 0 Å². The Balaban J connectivity index is 2.28. The Kier molecular flexibility index (Phi) is 2.80. The van der Waals surface area contributed by atoms with Gasteiger partial charge in [0.15, 0.2) is 0 Å². The second-order valence-electron chi connectivity index (χ2n) is 3.25. The highest BCUT2D eigenvalue weighted by Crippen LogP contribution is 2.19. The largest absolute Gasteiger partial charge is 0.152 e. The zero-order valence-corrected chi connectivity index (χ0v) is 8.92. The third-order valence-corrected chi connectivity index (χ3v) is 2.84. The molecule has 1 aromatic carbocycles. The average molecular weight is 200 g/mol. The molecule has 0 saturated carbocycles. The first-order chi connectivity index (χ1) is 6.86. The molecule has 0 N–H and O–H groups in total. The minimum atomic E-state index is 1.26. The van der Waals surface area contributed by atoms with Crippen molar-refractivity contribution in [2.24, 2.45) is 0 Å². The van der Waals surface area contributed by atoms with E-state index in [1.807, 2.05) is 6.07 Å². The van der Waals surface area contributed by atoms with Gasteiger partial charge >= 0.3 is 0 Å². The first kappa shape index (κ1) is 9.22. The lowest BCUT2D eigenvalue weighted by molar-refractivity contribution is 1.63. The van der Waals surface area contributed by atoms with Gasteiger partial charge in [-0.15, -0.1) is 0 Å². The van der Waals surface area contributed by atoms with E-state index in [0.29, 0.717) is 0 Å². The summed E-state index contributed by atoms with van der Waals surface area (Å²) in [7, 11) is 0. The normalized spacial score (nSPS) is 11.6. The fourth-order valence-electron chi connectivity index (χ4n) is 1.37. The van der Waals surface area contributed by atoms with Gasteiger partial charge < -0.3 is 0 Å². The van der Waals surface area contributed by atoms with E-state index in [2.05, 4.69) is 54.1 Å². The van der Waals surface area contributed by atoms with E-state index in [1.54, 1.807) is 11.3 Å². The van der Waals surface area contributed by atoms with Gasteiger partial charge in [0, 0.05) is 0 Å². The van der Waals surface area contributed by atoms with Gasteiger partial charge in [0.05, 0.1) is 0 Å². The molecule has 1 heterocycles. The van der Waals surface area contributed by atoms with Crippen LogP contribution in [0.25, 0.3) is 11.6 Å². The van der Waals surface area contributed by atoms with Crippen molar-refractivity contribution in [3.63, 3.8) is 0 Å². The fraction of sp³-hybridized carbons (Fsp3) is 0.0769. The van der Waals surface area contributed by atoms with Crippen LogP contribution < -0.4 is 0 Å². The van der Waals surface area contributed by atoms with Crippen molar-refractivity contribution in [1.29, 1.82) is 0 Å². The molecule has 2 aromatic rings. The molecule has 0 fully saturated rings. The van der Waals surface area contributed by atoms with Crippen LogP contribution in [0.2, 0.25) is 0 Å². The Morgan fingerprint density at radius 3 is 2.57 bits per heavy atom. The summed E-state index contributed by atoms with van der Waals surface area (Å²) in [6.07, 6.45) is 2.21. The molecule has 0 nitrogen and oxygen atoms in total. The molecule has 0 aliphatic rings. The summed E-state index contributed by atoms with van der Waals surface area (Å²) in [5.41, 5.74) is 3.90. The van der Waals surface area contributed by atoms with E-state index in [-0.39, 0.29) is 0 Å². The Morgan fingerprint density at radius 1 is 1.14 bits per heavy atom. The van der Waals surface area contributed by atoms with E-state index in [4.69, 9.17) is 0 Å². The van der Waals surface area contributed by atoms with Crippen LogP contribution in [-0.2, 0) is 0 Å². The highest BCUT2D eigenvalue weighted by molar-refractivity contribution is 7.08. The Bertz CT molecular complexity index is 410. The lowest BCUT2D eigenvalue weighted by Gasteiger charge is -1.97. The van der Waals surface area contributed by atoms with Crippen LogP contribution in [0.4, 0.5) is 0 Å². The Morgan fingerprint density at radius 2 is 1.93 bits per heavy atom. The molecular formula is C13H12S. The molecule has 0 atom stereocenters. The quantitative estimate of drug-likeness (QED) is 0.677. The predicted octanol–water partition coefficient (Wildman–Crippen LogP) is 4.31. The van der Waals surface area contributed by atoms with E-state index in [1.165, 1.54) is 16.7 Å². The highest BCUT2D eigenvalue weighted by Gasteiger charge is 1.95. The summed E-state index contributed by atoms with van der Waals surface area (Å²) < 4.78 is 0. The first-order valence-corrected chi connectivity index (χ1v) is 5.56. The van der Waals surface area contributed by atoms with Gasteiger partial charge in [-0.2, -0.15) is 11.3 Å². The van der Waals surface area contributed by atoms with Gasteiger partial charge in [-0.1, -0.05) is 36.4 Å². The zero-order valence-electron chi connectivity index (χ0n) is 8.10. The van der Waals surface area contributed by atoms with Crippen LogP contribution in [0.1, 0.15) is 18.1 Å². The van der Waals surface area contributed by atoms with E-state index in [9.17, 15) is 0 Å². The summed E-state index contributed by atoms with van der Waals surface area (Å²) in [6.45, 7) is 2.15. The molecule has 0 unspecified atom stereocenters. The van der Waals surface area contributed by atoms with Crippen LogP contribution in [-0.4, -0.2) is 0 Å². The maximum atomic E-state index is 2.21. The fourth-order valence-corrected chi connectivity index (χ4v) is 2.09. The third-order valence-electron chi connectivity index (χ3n) is 2.16. The molecule has 2 rings (SSSR count). The molecule has 0 aliphatic carbocycles. The van der Waals surface area contributed by atoms with Crippen molar-refractivity contribution in [1.82, 2.24) is 0 Å². The number of hydrogen-bond acceptors (Lipinski definition) is 1. The van der Waals surface area contributed by atoms with Crippen molar-refractivity contribution in [2.45, 2.75) is 6.92 Å². The van der Waals surface area contributed by atoms with Gasteiger partial charge in [0.1, 0.15) is 0 Å². The molecule has 0 saturated heterocycles. The molecule has 14 heavy (non-hydrogen) atoms. The molecule has 0 radical (unpaired) electrons. The summed E-state index contributed by atoms with van der Waals surface area (Å²) in [5, 5.41) is 4.28. The summed E-state index contributed by atoms with van der Waals surface area (Å²) in [6, 6.07) is 12.6. The molecule has 1 aromatic heterocycles. The molecule has 1 heteroatoms. The SMILES string of the molecule is C/C(=C\c1ccccc1)c1ccsc1. The lowest BCUT2D eigenvalue weighted by atomic mass is 10.1. The Hall–Kier alpha value is -1.34. The molecular weight excluding hydrogens is 188 g/mol. The van der Waals surface area contributed by atoms with E-state index < -0.39 is 0 Å². The van der Waals surface area contributed by atoms with Crippen LogP contribution in [0.5, 0.6) is 0 Å². The predicted molar refractivity (Wildman–Crippen MR) is 64.3 cm³/mol.